The van der Waals surface area contributed by atoms with E-state index in [1.807, 2.05) is 11.8 Å². The Hall–Kier alpha value is 0.270. The molecule has 1 rings (SSSR count). The number of nitrogens with two attached hydrogens (primary N) is 1. The van der Waals surface area contributed by atoms with Crippen LogP contribution in [0.5, 0.6) is 0 Å². The molecule has 72 valence electrons. The maximum absolute atomic E-state index is 6.21. The van der Waals surface area contributed by atoms with E-state index in [0.29, 0.717) is 0 Å². The SMILES string of the molecule is CSCCCC1(N)CCOCC1. The Morgan fingerprint density at radius 2 is 2.08 bits per heavy atom. The molecule has 0 spiro atoms. The van der Waals surface area contributed by atoms with E-state index in [4.69, 9.17) is 10.5 Å². The van der Waals surface area contributed by atoms with Crippen LogP contribution in [-0.2, 0) is 4.74 Å². The minimum atomic E-state index is 0.0913. The first-order chi connectivity index (χ1) is 5.77. The lowest BCUT2D eigenvalue weighted by Gasteiger charge is -2.33. The summed E-state index contributed by atoms with van der Waals surface area (Å²) >= 11 is 1.90. The second kappa shape index (κ2) is 5.10. The molecule has 1 fully saturated rings. The molecule has 0 aliphatic carbocycles. The Bertz CT molecular complexity index is 124. The number of hydrogen-bond donors (Lipinski definition) is 1. The quantitative estimate of drug-likeness (QED) is 0.683. The zero-order valence-electron chi connectivity index (χ0n) is 7.84. The second-order valence-electron chi connectivity index (χ2n) is 3.57. The van der Waals surface area contributed by atoms with Crippen molar-refractivity contribution in [2.75, 3.05) is 25.2 Å². The molecular weight excluding hydrogens is 170 g/mol. The van der Waals surface area contributed by atoms with E-state index in [1.54, 1.807) is 0 Å². The zero-order valence-corrected chi connectivity index (χ0v) is 8.66. The zero-order chi connectivity index (χ0) is 8.86. The monoisotopic (exact) mass is 189 g/mol. The number of hydrogen-bond acceptors (Lipinski definition) is 3. The Labute approximate surface area is 79.2 Å². The smallest absolute Gasteiger partial charge is 0.0483 e. The highest BCUT2D eigenvalue weighted by Gasteiger charge is 2.26. The van der Waals surface area contributed by atoms with E-state index < -0.39 is 0 Å². The molecule has 0 radical (unpaired) electrons. The number of thioether (sulfide) groups is 1. The van der Waals surface area contributed by atoms with Gasteiger partial charge in [0.15, 0.2) is 0 Å². The lowest BCUT2D eigenvalue weighted by Crippen LogP contribution is -2.45. The van der Waals surface area contributed by atoms with E-state index in [2.05, 4.69) is 6.26 Å². The van der Waals surface area contributed by atoms with E-state index in [1.165, 1.54) is 12.2 Å². The highest BCUT2D eigenvalue weighted by atomic mass is 32.2. The van der Waals surface area contributed by atoms with Crippen molar-refractivity contribution in [3.63, 3.8) is 0 Å². The Morgan fingerprint density at radius 1 is 1.42 bits per heavy atom. The third-order valence-corrected chi connectivity index (χ3v) is 3.21. The summed E-state index contributed by atoms with van der Waals surface area (Å²) in [6.07, 6.45) is 6.64. The standard InChI is InChI=1S/C9H19NOS/c1-12-8-2-3-9(10)4-6-11-7-5-9/h2-8,10H2,1H3. The third-order valence-electron chi connectivity index (χ3n) is 2.51. The molecule has 2 nitrogen and oxygen atoms in total. The van der Waals surface area contributed by atoms with Crippen LogP contribution in [0.1, 0.15) is 25.7 Å². The van der Waals surface area contributed by atoms with E-state index in [9.17, 15) is 0 Å². The third kappa shape index (κ3) is 3.33. The van der Waals surface area contributed by atoms with Gasteiger partial charge in [-0.3, -0.25) is 0 Å². The van der Waals surface area contributed by atoms with Gasteiger partial charge in [0.25, 0.3) is 0 Å². The summed E-state index contributed by atoms with van der Waals surface area (Å²) in [4.78, 5) is 0. The molecule has 1 heterocycles. The van der Waals surface area contributed by atoms with E-state index in [0.717, 1.165) is 32.5 Å². The Balaban J connectivity index is 2.17. The van der Waals surface area contributed by atoms with Gasteiger partial charge in [-0.15, -0.1) is 0 Å². The van der Waals surface area contributed by atoms with E-state index >= 15 is 0 Å². The molecule has 0 aromatic carbocycles. The van der Waals surface area contributed by atoms with Crippen LogP contribution in [0.15, 0.2) is 0 Å². The normalized spacial score (nSPS) is 22.5. The molecule has 0 aromatic rings. The van der Waals surface area contributed by atoms with Crippen molar-refractivity contribution >= 4 is 11.8 Å². The molecule has 1 aliphatic heterocycles. The molecule has 0 bridgehead atoms. The van der Waals surface area contributed by atoms with Crippen LogP contribution in [0, 0.1) is 0 Å². The van der Waals surface area contributed by atoms with Crippen molar-refractivity contribution in [2.45, 2.75) is 31.2 Å². The highest BCUT2D eigenvalue weighted by molar-refractivity contribution is 7.98. The van der Waals surface area contributed by atoms with Crippen molar-refractivity contribution in [1.29, 1.82) is 0 Å². The lowest BCUT2D eigenvalue weighted by molar-refractivity contribution is 0.0501. The van der Waals surface area contributed by atoms with Gasteiger partial charge < -0.3 is 10.5 Å². The molecule has 0 atom stereocenters. The molecule has 0 aromatic heterocycles. The summed E-state index contributed by atoms with van der Waals surface area (Å²) in [6, 6.07) is 0. The summed E-state index contributed by atoms with van der Waals surface area (Å²) in [5, 5.41) is 0. The maximum Gasteiger partial charge on any atom is 0.0483 e. The average Bonchev–Trinajstić information content (AvgIpc) is 2.06. The minimum absolute atomic E-state index is 0.0913. The van der Waals surface area contributed by atoms with Crippen LogP contribution < -0.4 is 5.73 Å². The van der Waals surface area contributed by atoms with Gasteiger partial charge >= 0.3 is 0 Å². The molecule has 1 aliphatic rings. The van der Waals surface area contributed by atoms with Crippen LogP contribution in [0.2, 0.25) is 0 Å². The van der Waals surface area contributed by atoms with Gasteiger partial charge in [0.05, 0.1) is 0 Å². The van der Waals surface area contributed by atoms with Crippen molar-refractivity contribution in [1.82, 2.24) is 0 Å². The van der Waals surface area contributed by atoms with Crippen molar-refractivity contribution in [2.24, 2.45) is 5.73 Å². The van der Waals surface area contributed by atoms with Crippen LogP contribution in [0.25, 0.3) is 0 Å². The fourth-order valence-electron chi connectivity index (χ4n) is 1.60. The molecule has 1 saturated heterocycles. The minimum Gasteiger partial charge on any atom is -0.381 e. The molecular formula is C9H19NOS. The van der Waals surface area contributed by atoms with Crippen LogP contribution >= 0.6 is 11.8 Å². The Morgan fingerprint density at radius 3 is 2.67 bits per heavy atom. The van der Waals surface area contributed by atoms with Gasteiger partial charge in [-0.25, -0.2) is 0 Å². The Kier molecular flexibility index (Phi) is 4.40. The first-order valence-corrected chi connectivity index (χ1v) is 6.02. The van der Waals surface area contributed by atoms with Crippen molar-refractivity contribution in [3.8, 4) is 0 Å². The number of ether oxygens (including phenoxy) is 1. The van der Waals surface area contributed by atoms with Gasteiger partial charge in [0.2, 0.25) is 0 Å². The first-order valence-electron chi connectivity index (χ1n) is 4.62. The predicted molar refractivity (Wildman–Crippen MR) is 54.6 cm³/mol. The van der Waals surface area contributed by atoms with Crippen LogP contribution in [-0.4, -0.2) is 30.8 Å². The summed E-state index contributed by atoms with van der Waals surface area (Å²) in [6.45, 7) is 1.71. The second-order valence-corrected chi connectivity index (χ2v) is 4.56. The molecule has 0 saturated carbocycles. The molecule has 0 amide bonds. The van der Waals surface area contributed by atoms with Crippen molar-refractivity contribution in [3.05, 3.63) is 0 Å². The van der Waals surface area contributed by atoms with Gasteiger partial charge in [0, 0.05) is 18.8 Å². The highest BCUT2D eigenvalue weighted by Crippen LogP contribution is 2.23. The fourth-order valence-corrected chi connectivity index (χ4v) is 2.03. The lowest BCUT2D eigenvalue weighted by atomic mass is 9.87. The number of rotatable bonds is 4. The maximum atomic E-state index is 6.21. The summed E-state index contributed by atoms with van der Waals surface area (Å²) < 4.78 is 5.29. The topological polar surface area (TPSA) is 35.2 Å². The first kappa shape index (κ1) is 10.4. The van der Waals surface area contributed by atoms with Gasteiger partial charge in [0.1, 0.15) is 0 Å². The summed E-state index contributed by atoms with van der Waals surface area (Å²) in [7, 11) is 0. The fraction of sp³-hybridized carbons (Fsp3) is 1.00. The van der Waals surface area contributed by atoms with Gasteiger partial charge in [-0.2, -0.15) is 11.8 Å². The predicted octanol–water partition coefficient (Wildman–Crippen LogP) is 1.64. The average molecular weight is 189 g/mol. The largest absolute Gasteiger partial charge is 0.381 e. The molecule has 2 N–H and O–H groups in total. The molecule has 12 heavy (non-hydrogen) atoms. The van der Waals surface area contributed by atoms with Gasteiger partial charge in [-0.05, 0) is 37.7 Å². The molecule has 0 unspecified atom stereocenters. The van der Waals surface area contributed by atoms with E-state index in [-0.39, 0.29) is 5.54 Å². The van der Waals surface area contributed by atoms with Gasteiger partial charge in [-0.1, -0.05) is 0 Å². The summed E-state index contributed by atoms with van der Waals surface area (Å²) in [5.74, 6) is 1.24. The molecule has 3 heteroatoms. The van der Waals surface area contributed by atoms with Crippen LogP contribution in [0.4, 0.5) is 0 Å². The summed E-state index contributed by atoms with van der Waals surface area (Å²) in [5.41, 5.74) is 6.30. The van der Waals surface area contributed by atoms with Crippen molar-refractivity contribution < 1.29 is 4.74 Å². The van der Waals surface area contributed by atoms with Crippen LogP contribution in [0.3, 0.4) is 0 Å².